The van der Waals surface area contributed by atoms with Gasteiger partial charge in [0, 0.05) is 11.3 Å². The van der Waals surface area contributed by atoms with E-state index in [-0.39, 0.29) is 11.7 Å². The highest BCUT2D eigenvalue weighted by Gasteiger charge is 2.20. The molecule has 78 valence electrons. The van der Waals surface area contributed by atoms with Gasteiger partial charge in [0.1, 0.15) is 0 Å². The summed E-state index contributed by atoms with van der Waals surface area (Å²) in [6.07, 6.45) is 0.340. The Morgan fingerprint density at radius 2 is 2.27 bits per heavy atom. The molecule has 0 fully saturated rings. The summed E-state index contributed by atoms with van der Waals surface area (Å²) in [4.78, 5) is 22.7. The number of amides is 1. The highest BCUT2D eigenvalue weighted by atomic mass is 35.5. The number of carbonyl (C=O) groups is 2. The molecule has 0 bridgehead atoms. The molecule has 1 aliphatic heterocycles. The summed E-state index contributed by atoms with van der Waals surface area (Å²) >= 11 is 5.71. The highest BCUT2D eigenvalue weighted by Crippen LogP contribution is 2.24. The lowest BCUT2D eigenvalue weighted by molar-refractivity contribution is -0.115. The van der Waals surface area contributed by atoms with Crippen molar-refractivity contribution in [3.05, 3.63) is 29.3 Å². The van der Waals surface area contributed by atoms with E-state index >= 15 is 0 Å². The number of anilines is 1. The van der Waals surface area contributed by atoms with Crippen LogP contribution in [0.4, 0.5) is 5.69 Å². The predicted molar refractivity (Wildman–Crippen MR) is 58.4 cm³/mol. The molecule has 0 saturated carbocycles. The lowest BCUT2D eigenvalue weighted by Crippen LogP contribution is -2.10. The Labute approximate surface area is 92.4 Å². The number of Topliss-reactive ketones (excluding diaryl/α,β-unsaturated/α-hetero) is 1. The standard InChI is InChI=1S/C11H10ClNO2/c1-6(12)11(15)7-2-3-9-8(4-7)5-10(14)13-9/h2-4,6H,5H2,1H3,(H,13,14)/t6-/m0/s1. The summed E-state index contributed by atoms with van der Waals surface area (Å²) in [5.74, 6) is -0.146. The minimum absolute atomic E-state index is 0.0338. The summed E-state index contributed by atoms with van der Waals surface area (Å²) in [5, 5.41) is 2.18. The molecule has 4 heteroatoms. The van der Waals surface area contributed by atoms with Crippen LogP contribution in [0.1, 0.15) is 22.8 Å². The van der Waals surface area contributed by atoms with Crippen LogP contribution in [-0.4, -0.2) is 17.1 Å². The van der Waals surface area contributed by atoms with Gasteiger partial charge < -0.3 is 5.32 Å². The van der Waals surface area contributed by atoms with Crippen LogP contribution in [0.2, 0.25) is 0 Å². The third-order valence-electron chi connectivity index (χ3n) is 2.38. The van der Waals surface area contributed by atoms with E-state index in [1.54, 1.807) is 25.1 Å². The van der Waals surface area contributed by atoms with Crippen molar-refractivity contribution in [1.82, 2.24) is 0 Å². The van der Waals surface area contributed by atoms with Crippen LogP contribution in [0, 0.1) is 0 Å². The van der Waals surface area contributed by atoms with E-state index in [4.69, 9.17) is 11.6 Å². The predicted octanol–water partition coefficient (Wildman–Crippen LogP) is 1.99. The number of benzene rings is 1. The monoisotopic (exact) mass is 223 g/mol. The summed E-state index contributed by atoms with van der Waals surface area (Å²) in [5.41, 5.74) is 2.22. The van der Waals surface area contributed by atoms with E-state index in [9.17, 15) is 9.59 Å². The first-order valence-electron chi connectivity index (χ1n) is 4.69. The zero-order chi connectivity index (χ0) is 11.0. The molecule has 1 amide bonds. The van der Waals surface area contributed by atoms with Crippen molar-refractivity contribution in [3.63, 3.8) is 0 Å². The zero-order valence-corrected chi connectivity index (χ0v) is 8.97. The molecule has 15 heavy (non-hydrogen) atoms. The molecule has 0 radical (unpaired) electrons. The van der Waals surface area contributed by atoms with Crippen LogP contribution >= 0.6 is 11.6 Å². The van der Waals surface area contributed by atoms with E-state index in [0.29, 0.717) is 12.0 Å². The quantitative estimate of drug-likeness (QED) is 0.616. The second kappa shape index (κ2) is 3.66. The molecule has 0 unspecified atom stereocenters. The number of fused-ring (bicyclic) bond motifs is 1. The second-order valence-corrected chi connectivity index (χ2v) is 4.23. The number of hydrogen-bond donors (Lipinski definition) is 1. The lowest BCUT2D eigenvalue weighted by atomic mass is 10.0. The molecule has 1 aromatic rings. The Morgan fingerprint density at radius 3 is 2.93 bits per heavy atom. The van der Waals surface area contributed by atoms with Gasteiger partial charge in [0.15, 0.2) is 5.78 Å². The molecule has 1 heterocycles. The molecule has 3 nitrogen and oxygen atoms in total. The SMILES string of the molecule is C[C@H](Cl)C(=O)c1ccc2c(c1)CC(=O)N2. The average Bonchev–Trinajstić information content (AvgIpc) is 2.55. The topological polar surface area (TPSA) is 46.2 Å². The third-order valence-corrected chi connectivity index (χ3v) is 2.57. The van der Waals surface area contributed by atoms with Gasteiger partial charge in [0.05, 0.1) is 11.8 Å². The van der Waals surface area contributed by atoms with Crippen molar-refractivity contribution in [2.45, 2.75) is 18.7 Å². The van der Waals surface area contributed by atoms with Gasteiger partial charge in [-0.3, -0.25) is 9.59 Å². The van der Waals surface area contributed by atoms with E-state index in [2.05, 4.69) is 5.32 Å². The van der Waals surface area contributed by atoms with E-state index in [0.717, 1.165) is 11.3 Å². The van der Waals surface area contributed by atoms with Crippen LogP contribution in [0.5, 0.6) is 0 Å². The Morgan fingerprint density at radius 1 is 1.53 bits per heavy atom. The second-order valence-electron chi connectivity index (χ2n) is 3.58. The molecule has 1 N–H and O–H groups in total. The Kier molecular flexibility index (Phi) is 2.49. The summed E-state index contributed by atoms with van der Waals surface area (Å²) in [7, 11) is 0. The van der Waals surface area contributed by atoms with Crippen molar-refractivity contribution in [3.8, 4) is 0 Å². The number of alkyl halides is 1. The molecule has 0 saturated heterocycles. The van der Waals surface area contributed by atoms with Gasteiger partial charge in [0.2, 0.25) is 5.91 Å². The van der Waals surface area contributed by atoms with Gasteiger partial charge in [-0.05, 0) is 30.7 Å². The van der Waals surface area contributed by atoms with E-state index < -0.39 is 5.38 Å². The van der Waals surface area contributed by atoms with Gasteiger partial charge in [-0.15, -0.1) is 11.6 Å². The number of halogens is 1. The molecule has 1 aromatic carbocycles. The van der Waals surface area contributed by atoms with Gasteiger partial charge in [-0.1, -0.05) is 0 Å². The van der Waals surface area contributed by atoms with Crippen LogP contribution < -0.4 is 5.32 Å². The van der Waals surface area contributed by atoms with E-state index in [1.165, 1.54) is 0 Å². The molecule has 1 aliphatic rings. The third kappa shape index (κ3) is 1.88. The number of ketones is 1. The molecular formula is C11H10ClNO2. The minimum atomic E-state index is -0.534. The first kappa shape index (κ1) is 10.2. The maximum Gasteiger partial charge on any atom is 0.228 e. The first-order chi connectivity index (χ1) is 7.08. The van der Waals surface area contributed by atoms with Gasteiger partial charge in [-0.2, -0.15) is 0 Å². The molecule has 0 aliphatic carbocycles. The molecule has 2 rings (SSSR count). The number of nitrogens with one attached hydrogen (secondary N) is 1. The van der Waals surface area contributed by atoms with Crippen molar-refractivity contribution in [2.24, 2.45) is 0 Å². The van der Waals surface area contributed by atoms with Crippen LogP contribution in [0.25, 0.3) is 0 Å². The smallest absolute Gasteiger partial charge is 0.228 e. The number of carbonyl (C=O) groups excluding carboxylic acids is 2. The van der Waals surface area contributed by atoms with Crippen molar-refractivity contribution in [2.75, 3.05) is 5.32 Å². The molecule has 0 spiro atoms. The fourth-order valence-corrected chi connectivity index (χ4v) is 1.74. The fourth-order valence-electron chi connectivity index (χ4n) is 1.61. The van der Waals surface area contributed by atoms with Crippen LogP contribution in [0.3, 0.4) is 0 Å². The maximum atomic E-state index is 11.6. The zero-order valence-electron chi connectivity index (χ0n) is 8.21. The van der Waals surface area contributed by atoms with Crippen molar-refractivity contribution >= 4 is 29.0 Å². The molecule has 0 aromatic heterocycles. The maximum absolute atomic E-state index is 11.6. The van der Waals surface area contributed by atoms with Gasteiger partial charge in [0.25, 0.3) is 0 Å². The normalized spacial score (nSPS) is 15.7. The van der Waals surface area contributed by atoms with Crippen LogP contribution in [-0.2, 0) is 11.2 Å². The highest BCUT2D eigenvalue weighted by molar-refractivity contribution is 6.33. The summed E-state index contributed by atoms with van der Waals surface area (Å²) < 4.78 is 0. The lowest BCUT2D eigenvalue weighted by Gasteiger charge is -2.04. The Hall–Kier alpha value is -1.35. The number of hydrogen-bond acceptors (Lipinski definition) is 2. The number of rotatable bonds is 2. The fraction of sp³-hybridized carbons (Fsp3) is 0.273. The Bertz CT molecular complexity index is 440. The van der Waals surface area contributed by atoms with Gasteiger partial charge in [-0.25, -0.2) is 0 Å². The van der Waals surface area contributed by atoms with Crippen molar-refractivity contribution in [1.29, 1.82) is 0 Å². The first-order valence-corrected chi connectivity index (χ1v) is 5.12. The van der Waals surface area contributed by atoms with Crippen LogP contribution in [0.15, 0.2) is 18.2 Å². The van der Waals surface area contributed by atoms with E-state index in [1.807, 2.05) is 0 Å². The molecular weight excluding hydrogens is 214 g/mol. The Balaban J connectivity index is 2.35. The average molecular weight is 224 g/mol. The molecule has 1 atom stereocenters. The largest absolute Gasteiger partial charge is 0.326 e. The summed E-state index contributed by atoms with van der Waals surface area (Å²) in [6, 6.07) is 5.16. The minimum Gasteiger partial charge on any atom is -0.326 e. The summed E-state index contributed by atoms with van der Waals surface area (Å²) in [6.45, 7) is 1.64. The van der Waals surface area contributed by atoms with Crippen molar-refractivity contribution < 1.29 is 9.59 Å². The van der Waals surface area contributed by atoms with Gasteiger partial charge >= 0.3 is 0 Å².